The molecule has 1 aliphatic carbocycles. The standard InChI is InChI=1S/C23H32ClN3O2S.ClH/c1-2-23(21-4-3-20-16-22(24)6-5-19(20)15-21)30(28,29)27-13-11-26(12-14-27)17-18-7-9-25-10-8-18;/h2,5-6,15-16,18,23,25H,1,3-4,7-14,17H2;1H. The van der Waals surface area contributed by atoms with Crippen molar-refractivity contribution in [2.24, 2.45) is 5.92 Å². The first-order valence-electron chi connectivity index (χ1n) is 11.0. The Kier molecular flexibility index (Phi) is 8.64. The minimum Gasteiger partial charge on any atom is -0.317 e. The Labute approximate surface area is 198 Å². The molecule has 2 aliphatic heterocycles. The van der Waals surface area contributed by atoms with Crippen molar-refractivity contribution < 1.29 is 8.42 Å². The van der Waals surface area contributed by atoms with Gasteiger partial charge in [-0.1, -0.05) is 29.8 Å². The van der Waals surface area contributed by atoms with Crippen LogP contribution in [-0.2, 0) is 16.4 Å². The number of piperidine rings is 1. The van der Waals surface area contributed by atoms with Crippen LogP contribution in [0.3, 0.4) is 0 Å². The first-order chi connectivity index (χ1) is 14.5. The Hall–Kier alpha value is -0.890. The molecule has 2 heterocycles. The third-order valence-electron chi connectivity index (χ3n) is 6.70. The number of hydrogen-bond acceptors (Lipinski definition) is 4. The third-order valence-corrected chi connectivity index (χ3v) is 9.15. The van der Waals surface area contributed by atoms with Crippen molar-refractivity contribution >= 4 is 40.1 Å². The van der Waals surface area contributed by atoms with Crippen molar-refractivity contribution in [1.29, 1.82) is 0 Å². The molecule has 3 aliphatic rings. The van der Waals surface area contributed by atoms with E-state index in [9.17, 15) is 8.42 Å². The number of piperazine rings is 1. The highest BCUT2D eigenvalue weighted by molar-refractivity contribution is 7.90. The molecule has 5 nitrogen and oxygen atoms in total. The lowest BCUT2D eigenvalue weighted by Crippen LogP contribution is -2.52. The maximum Gasteiger partial charge on any atom is 0.224 e. The van der Waals surface area contributed by atoms with Crippen molar-refractivity contribution in [3.05, 3.63) is 52.6 Å². The molecule has 0 saturated carbocycles. The zero-order valence-corrected chi connectivity index (χ0v) is 20.3. The van der Waals surface area contributed by atoms with E-state index in [1.165, 1.54) is 18.4 Å². The lowest BCUT2D eigenvalue weighted by Gasteiger charge is -2.38. The summed E-state index contributed by atoms with van der Waals surface area (Å²) in [7, 11) is -3.46. The van der Waals surface area contributed by atoms with Gasteiger partial charge in [-0.25, -0.2) is 8.42 Å². The molecule has 0 radical (unpaired) electrons. The number of nitrogens with zero attached hydrogens (tertiary/aromatic N) is 2. The molecule has 1 aromatic carbocycles. The average Bonchev–Trinajstić information content (AvgIpc) is 2.75. The fraction of sp³-hybridized carbons (Fsp3) is 0.565. The summed E-state index contributed by atoms with van der Waals surface area (Å²) in [5.74, 6) is 0.733. The zero-order chi connectivity index (χ0) is 21.1. The molecule has 4 rings (SSSR count). The number of rotatable bonds is 6. The molecule has 2 saturated heterocycles. The van der Waals surface area contributed by atoms with Gasteiger partial charge in [0.2, 0.25) is 10.0 Å². The van der Waals surface area contributed by atoms with Gasteiger partial charge in [0.15, 0.2) is 0 Å². The Morgan fingerprint density at radius 1 is 1.16 bits per heavy atom. The van der Waals surface area contributed by atoms with Crippen LogP contribution in [0.15, 0.2) is 36.4 Å². The van der Waals surface area contributed by atoms with E-state index in [1.54, 1.807) is 10.4 Å². The van der Waals surface area contributed by atoms with E-state index in [4.69, 9.17) is 11.6 Å². The van der Waals surface area contributed by atoms with Crippen LogP contribution in [0.25, 0.3) is 6.08 Å². The Balaban J connectivity index is 0.00000272. The second-order valence-electron chi connectivity index (χ2n) is 8.66. The Morgan fingerprint density at radius 3 is 2.55 bits per heavy atom. The second-order valence-corrected chi connectivity index (χ2v) is 11.1. The Morgan fingerprint density at radius 2 is 1.87 bits per heavy atom. The molecule has 2 fully saturated rings. The monoisotopic (exact) mass is 485 g/mol. The first kappa shape index (κ1) is 24.7. The van der Waals surface area contributed by atoms with Crippen LogP contribution in [0.1, 0.15) is 30.4 Å². The summed E-state index contributed by atoms with van der Waals surface area (Å²) in [4.78, 5) is 2.44. The Bertz CT molecular complexity index is 905. The number of hydrogen-bond donors (Lipinski definition) is 1. The van der Waals surface area contributed by atoms with Crippen LogP contribution in [0.4, 0.5) is 0 Å². The average molecular weight is 487 g/mol. The van der Waals surface area contributed by atoms with Crippen molar-refractivity contribution in [1.82, 2.24) is 14.5 Å². The molecule has 1 atom stereocenters. The molecule has 1 unspecified atom stereocenters. The number of benzene rings is 1. The number of fused-ring (bicyclic) bond motifs is 1. The van der Waals surface area contributed by atoms with E-state index in [0.29, 0.717) is 13.1 Å². The first-order valence-corrected chi connectivity index (χ1v) is 12.9. The highest BCUT2D eigenvalue weighted by atomic mass is 35.5. The summed E-state index contributed by atoms with van der Waals surface area (Å²) in [5, 5.41) is 3.48. The van der Waals surface area contributed by atoms with Gasteiger partial charge in [-0.3, -0.25) is 0 Å². The smallest absolute Gasteiger partial charge is 0.224 e. The number of aryl methyl sites for hydroxylation is 1. The fourth-order valence-corrected chi connectivity index (χ4v) is 6.93. The molecule has 8 heteroatoms. The molecule has 0 bridgehead atoms. The molecule has 1 aromatic rings. The lowest BCUT2D eigenvalue weighted by molar-refractivity contribution is 0.152. The van der Waals surface area contributed by atoms with E-state index < -0.39 is 15.3 Å². The summed E-state index contributed by atoms with van der Waals surface area (Å²) in [6.45, 7) is 9.93. The van der Waals surface area contributed by atoms with Crippen LogP contribution < -0.4 is 5.32 Å². The largest absolute Gasteiger partial charge is 0.317 e. The molecule has 0 spiro atoms. The van der Waals surface area contributed by atoms with E-state index in [0.717, 1.165) is 67.6 Å². The highest BCUT2D eigenvalue weighted by Gasteiger charge is 2.35. The minimum absolute atomic E-state index is 0. The number of sulfonamides is 1. The normalized spacial score (nSPS) is 22.2. The molecular weight excluding hydrogens is 453 g/mol. The van der Waals surface area contributed by atoms with Crippen molar-refractivity contribution in [3.63, 3.8) is 0 Å². The topological polar surface area (TPSA) is 52.7 Å². The van der Waals surface area contributed by atoms with Crippen LogP contribution in [0.5, 0.6) is 0 Å². The van der Waals surface area contributed by atoms with Crippen LogP contribution >= 0.6 is 24.0 Å². The second kappa shape index (κ2) is 10.8. The van der Waals surface area contributed by atoms with Crippen molar-refractivity contribution in [2.45, 2.75) is 30.9 Å². The summed E-state index contributed by atoms with van der Waals surface area (Å²) in [5.41, 5.74) is 3.17. The van der Waals surface area contributed by atoms with E-state index in [1.807, 2.05) is 24.3 Å². The summed E-state index contributed by atoms with van der Waals surface area (Å²) in [6.07, 6.45) is 7.59. The summed E-state index contributed by atoms with van der Waals surface area (Å²) >= 11 is 6.10. The number of nitrogens with one attached hydrogen (secondary N) is 1. The van der Waals surface area contributed by atoms with Gasteiger partial charge in [0.05, 0.1) is 0 Å². The van der Waals surface area contributed by atoms with E-state index in [2.05, 4.69) is 16.8 Å². The molecule has 172 valence electrons. The summed E-state index contributed by atoms with van der Waals surface area (Å²) < 4.78 is 28.6. The van der Waals surface area contributed by atoms with Crippen LogP contribution in [-0.4, -0.2) is 68.7 Å². The predicted octanol–water partition coefficient (Wildman–Crippen LogP) is 3.59. The highest BCUT2D eigenvalue weighted by Crippen LogP contribution is 2.32. The van der Waals surface area contributed by atoms with Crippen molar-refractivity contribution in [2.75, 3.05) is 45.8 Å². The zero-order valence-electron chi connectivity index (χ0n) is 17.9. The lowest BCUT2D eigenvalue weighted by atomic mass is 9.90. The van der Waals surface area contributed by atoms with Gasteiger partial charge < -0.3 is 10.2 Å². The fourth-order valence-electron chi connectivity index (χ4n) is 4.93. The molecule has 31 heavy (non-hydrogen) atoms. The van der Waals surface area contributed by atoms with Gasteiger partial charge in [-0.2, -0.15) is 4.31 Å². The number of halogens is 2. The van der Waals surface area contributed by atoms with Gasteiger partial charge in [0.25, 0.3) is 0 Å². The molecule has 0 amide bonds. The van der Waals surface area contributed by atoms with E-state index >= 15 is 0 Å². The summed E-state index contributed by atoms with van der Waals surface area (Å²) in [6, 6.07) is 5.81. The van der Waals surface area contributed by atoms with Gasteiger partial charge in [-0.05, 0) is 73.5 Å². The molecule has 1 N–H and O–H groups in total. The van der Waals surface area contributed by atoms with Gasteiger partial charge in [0, 0.05) is 37.7 Å². The van der Waals surface area contributed by atoms with E-state index in [-0.39, 0.29) is 12.4 Å². The quantitative estimate of drug-likeness (QED) is 0.625. The predicted molar refractivity (Wildman–Crippen MR) is 132 cm³/mol. The van der Waals surface area contributed by atoms with Gasteiger partial charge >= 0.3 is 0 Å². The van der Waals surface area contributed by atoms with Gasteiger partial charge in [-0.15, -0.1) is 19.0 Å². The van der Waals surface area contributed by atoms with Gasteiger partial charge in [0.1, 0.15) is 5.25 Å². The maximum atomic E-state index is 13.4. The SMILES string of the molecule is C=CC(C1=Cc2ccc(Cl)cc2CC1)S(=O)(=O)N1CCN(CC2CCNCC2)CC1.Cl. The maximum absolute atomic E-state index is 13.4. The van der Waals surface area contributed by atoms with Crippen LogP contribution in [0, 0.1) is 5.92 Å². The van der Waals surface area contributed by atoms with Crippen LogP contribution in [0.2, 0.25) is 5.02 Å². The molecule has 0 aromatic heterocycles. The molecular formula is C23H33Cl2N3O2S. The third kappa shape index (κ3) is 5.73. The van der Waals surface area contributed by atoms with Crippen molar-refractivity contribution in [3.8, 4) is 0 Å². The minimum atomic E-state index is -3.46.